The Kier molecular flexibility index (Phi) is 7.30. The summed E-state index contributed by atoms with van der Waals surface area (Å²) in [5.41, 5.74) is 1.38. The highest BCUT2D eigenvalue weighted by molar-refractivity contribution is 7.99. The quantitative estimate of drug-likeness (QED) is 0.416. The third kappa shape index (κ3) is 5.25. The maximum Gasteiger partial charge on any atom is 0.191 e. The minimum absolute atomic E-state index is 0.105. The predicted molar refractivity (Wildman–Crippen MR) is 106 cm³/mol. The van der Waals surface area contributed by atoms with Crippen molar-refractivity contribution < 1.29 is 14.2 Å². The zero-order valence-corrected chi connectivity index (χ0v) is 16.1. The number of pyridine rings is 1. The monoisotopic (exact) mass is 400 g/mol. The molecule has 8 heteroatoms. The van der Waals surface area contributed by atoms with Crippen molar-refractivity contribution in [3.63, 3.8) is 0 Å². The Morgan fingerprint density at radius 3 is 2.75 bits per heavy atom. The fourth-order valence-corrected chi connectivity index (χ4v) is 3.40. The average Bonchev–Trinajstić information content (AvgIpc) is 3.11. The maximum atomic E-state index is 13.6. The molecule has 0 spiro atoms. The molecular formula is C20H21FN4O2S. The molecule has 0 fully saturated rings. The smallest absolute Gasteiger partial charge is 0.191 e. The number of rotatable bonds is 10. The number of benzene rings is 1. The van der Waals surface area contributed by atoms with E-state index in [1.807, 2.05) is 16.7 Å². The zero-order valence-electron chi connectivity index (χ0n) is 15.2. The lowest BCUT2D eigenvalue weighted by Crippen LogP contribution is -2.18. The second kappa shape index (κ2) is 10.1. The minimum Gasteiger partial charge on any atom is -0.390 e. The lowest BCUT2D eigenvalue weighted by Gasteiger charge is -2.12. The lowest BCUT2D eigenvalue weighted by molar-refractivity contribution is 0.0386. The molecule has 3 aromatic rings. The number of hydrogen-bond acceptors (Lipinski definition) is 6. The maximum absolute atomic E-state index is 13.6. The SMILES string of the molecule is C=CCn1c(SC[C@H](O)COCc2ccccc2F)nnc1-c1ccncc1. The molecule has 2 aromatic heterocycles. The predicted octanol–water partition coefficient (Wildman–Crippen LogP) is 3.34. The summed E-state index contributed by atoms with van der Waals surface area (Å²) in [5.74, 6) is 0.783. The van der Waals surface area contributed by atoms with Crippen molar-refractivity contribution in [1.29, 1.82) is 0 Å². The van der Waals surface area contributed by atoms with E-state index in [4.69, 9.17) is 4.74 Å². The fourth-order valence-electron chi connectivity index (χ4n) is 2.54. The van der Waals surface area contributed by atoms with Crippen LogP contribution < -0.4 is 0 Å². The Morgan fingerprint density at radius 2 is 2.00 bits per heavy atom. The largest absolute Gasteiger partial charge is 0.390 e. The number of ether oxygens (including phenoxy) is 1. The van der Waals surface area contributed by atoms with Crippen LogP contribution in [0.5, 0.6) is 0 Å². The van der Waals surface area contributed by atoms with Gasteiger partial charge in [-0.1, -0.05) is 36.0 Å². The van der Waals surface area contributed by atoms with Crippen LogP contribution in [0.25, 0.3) is 11.4 Å². The molecule has 1 atom stereocenters. The normalized spacial score (nSPS) is 12.1. The molecule has 0 aliphatic carbocycles. The first-order chi connectivity index (χ1) is 13.7. The van der Waals surface area contributed by atoms with E-state index < -0.39 is 6.10 Å². The first-order valence-corrected chi connectivity index (χ1v) is 9.74. The Labute approximate surface area is 167 Å². The summed E-state index contributed by atoms with van der Waals surface area (Å²) >= 11 is 1.38. The van der Waals surface area contributed by atoms with E-state index in [2.05, 4.69) is 21.8 Å². The fraction of sp³-hybridized carbons (Fsp3) is 0.250. The molecule has 1 N–H and O–H groups in total. The Bertz CT molecular complexity index is 904. The van der Waals surface area contributed by atoms with Crippen LogP contribution in [0.4, 0.5) is 4.39 Å². The molecule has 0 radical (unpaired) electrons. The van der Waals surface area contributed by atoms with Crippen LogP contribution in [0.15, 0.2) is 66.6 Å². The summed E-state index contributed by atoms with van der Waals surface area (Å²) in [6, 6.07) is 10.2. The van der Waals surface area contributed by atoms with Gasteiger partial charge in [-0.2, -0.15) is 0 Å². The van der Waals surface area contributed by atoms with Gasteiger partial charge in [-0.15, -0.1) is 16.8 Å². The van der Waals surface area contributed by atoms with E-state index in [0.29, 0.717) is 23.0 Å². The third-order valence-corrected chi connectivity index (χ3v) is 5.01. The molecule has 1 aromatic carbocycles. The van der Waals surface area contributed by atoms with E-state index in [1.54, 1.807) is 36.7 Å². The first kappa shape index (κ1) is 20.2. The molecule has 146 valence electrons. The van der Waals surface area contributed by atoms with Crippen LogP contribution >= 0.6 is 11.8 Å². The summed E-state index contributed by atoms with van der Waals surface area (Å²) in [7, 11) is 0. The second-order valence-corrected chi connectivity index (χ2v) is 7.00. The molecule has 0 bridgehead atoms. The molecule has 0 amide bonds. The van der Waals surface area contributed by atoms with Crippen molar-refractivity contribution in [1.82, 2.24) is 19.7 Å². The third-order valence-electron chi connectivity index (χ3n) is 3.90. The van der Waals surface area contributed by atoms with Crippen LogP contribution in [0.1, 0.15) is 5.56 Å². The zero-order chi connectivity index (χ0) is 19.8. The van der Waals surface area contributed by atoms with Crippen LogP contribution in [0.3, 0.4) is 0 Å². The molecule has 0 saturated heterocycles. The van der Waals surface area contributed by atoms with Gasteiger partial charge in [-0.05, 0) is 18.2 Å². The van der Waals surface area contributed by atoms with Gasteiger partial charge in [0.15, 0.2) is 11.0 Å². The summed E-state index contributed by atoms with van der Waals surface area (Å²) in [4.78, 5) is 4.02. The van der Waals surface area contributed by atoms with E-state index >= 15 is 0 Å². The van der Waals surface area contributed by atoms with Crippen molar-refractivity contribution in [2.24, 2.45) is 0 Å². The molecule has 0 aliphatic rings. The van der Waals surface area contributed by atoms with Gasteiger partial charge in [0.25, 0.3) is 0 Å². The highest BCUT2D eigenvalue weighted by atomic mass is 32.2. The Hall–Kier alpha value is -2.55. The molecular weight excluding hydrogens is 379 g/mol. The minimum atomic E-state index is -0.713. The first-order valence-electron chi connectivity index (χ1n) is 8.75. The van der Waals surface area contributed by atoms with Crippen LogP contribution in [-0.4, -0.2) is 43.3 Å². The highest BCUT2D eigenvalue weighted by Gasteiger charge is 2.15. The second-order valence-electron chi connectivity index (χ2n) is 6.01. The number of aromatic nitrogens is 4. The summed E-state index contributed by atoms with van der Waals surface area (Å²) < 4.78 is 20.9. The summed E-state index contributed by atoms with van der Waals surface area (Å²) in [5, 5.41) is 19.3. The lowest BCUT2D eigenvalue weighted by atomic mass is 10.2. The van der Waals surface area contributed by atoms with E-state index in [9.17, 15) is 9.50 Å². The van der Waals surface area contributed by atoms with Crippen molar-refractivity contribution >= 4 is 11.8 Å². The standard InChI is InChI=1S/C20H21FN4O2S/c1-2-11-25-19(15-7-9-22-10-8-15)23-24-20(25)28-14-17(26)13-27-12-16-5-3-4-6-18(16)21/h2-10,17,26H,1,11-14H2/t17-/m1/s1. The Balaban J connectivity index is 1.56. The number of aliphatic hydroxyl groups excluding tert-OH is 1. The van der Waals surface area contributed by atoms with Gasteiger partial charge in [0.1, 0.15) is 5.82 Å². The highest BCUT2D eigenvalue weighted by Crippen LogP contribution is 2.24. The van der Waals surface area contributed by atoms with Crippen molar-refractivity contribution in [3.05, 3.63) is 72.8 Å². The molecule has 3 rings (SSSR count). The van der Waals surface area contributed by atoms with Gasteiger partial charge in [-0.25, -0.2) is 4.39 Å². The number of allylic oxidation sites excluding steroid dienone is 1. The van der Waals surface area contributed by atoms with Crippen LogP contribution in [-0.2, 0) is 17.9 Å². The number of thioether (sulfide) groups is 1. The number of nitrogens with zero attached hydrogens (tertiary/aromatic N) is 4. The van der Waals surface area contributed by atoms with Crippen molar-refractivity contribution in [2.45, 2.75) is 24.4 Å². The van der Waals surface area contributed by atoms with Gasteiger partial charge in [0.2, 0.25) is 0 Å². The summed E-state index contributed by atoms with van der Waals surface area (Å²) in [6.07, 6.45) is 4.46. The molecule has 6 nitrogen and oxygen atoms in total. The van der Waals surface area contributed by atoms with Gasteiger partial charge in [0, 0.05) is 35.8 Å². The van der Waals surface area contributed by atoms with Crippen molar-refractivity contribution in [3.8, 4) is 11.4 Å². The van der Waals surface area contributed by atoms with Gasteiger partial charge in [0.05, 0.1) is 19.3 Å². The summed E-state index contributed by atoms with van der Waals surface area (Å²) in [6.45, 7) is 4.56. The Morgan fingerprint density at radius 1 is 1.21 bits per heavy atom. The molecule has 0 saturated carbocycles. The van der Waals surface area contributed by atoms with Crippen LogP contribution in [0, 0.1) is 5.82 Å². The molecule has 0 aliphatic heterocycles. The van der Waals surface area contributed by atoms with E-state index in [1.165, 1.54) is 17.8 Å². The van der Waals surface area contributed by atoms with Crippen LogP contribution in [0.2, 0.25) is 0 Å². The van der Waals surface area contributed by atoms with E-state index in [-0.39, 0.29) is 19.0 Å². The molecule has 2 heterocycles. The topological polar surface area (TPSA) is 73.1 Å². The van der Waals surface area contributed by atoms with E-state index in [0.717, 1.165) is 11.4 Å². The van der Waals surface area contributed by atoms with Gasteiger partial charge in [-0.3, -0.25) is 9.55 Å². The number of hydrogen-bond donors (Lipinski definition) is 1. The average molecular weight is 400 g/mol. The molecule has 28 heavy (non-hydrogen) atoms. The number of aliphatic hydroxyl groups is 1. The van der Waals surface area contributed by atoms with Crippen molar-refractivity contribution in [2.75, 3.05) is 12.4 Å². The molecule has 0 unspecified atom stereocenters. The van der Waals surface area contributed by atoms with Gasteiger partial charge >= 0.3 is 0 Å². The number of halogens is 1. The van der Waals surface area contributed by atoms with Gasteiger partial charge < -0.3 is 9.84 Å².